The second kappa shape index (κ2) is 4.78. The van der Waals surface area contributed by atoms with Crippen molar-refractivity contribution in [1.29, 1.82) is 0 Å². The van der Waals surface area contributed by atoms with Crippen molar-refractivity contribution in [3.8, 4) is 11.5 Å². The maximum Gasteiger partial charge on any atom is 0.257 e. The van der Waals surface area contributed by atoms with Gasteiger partial charge in [0.15, 0.2) is 5.82 Å². The van der Waals surface area contributed by atoms with Gasteiger partial charge < -0.3 is 9.84 Å². The summed E-state index contributed by atoms with van der Waals surface area (Å²) >= 11 is 0. The summed E-state index contributed by atoms with van der Waals surface area (Å²) in [5.41, 5.74) is 1.59. The van der Waals surface area contributed by atoms with Crippen LogP contribution in [-0.4, -0.2) is 16.0 Å². The average Bonchev–Trinajstić information content (AvgIpc) is 2.77. The number of aromatic nitrogens is 2. The van der Waals surface area contributed by atoms with Gasteiger partial charge >= 0.3 is 0 Å². The lowest BCUT2D eigenvalue weighted by Gasteiger charge is -2.03. The first-order chi connectivity index (χ1) is 8.19. The van der Waals surface area contributed by atoms with E-state index in [1.165, 1.54) is 0 Å². The van der Waals surface area contributed by atoms with Crippen molar-refractivity contribution >= 4 is 11.6 Å². The van der Waals surface area contributed by atoms with Gasteiger partial charge in [-0.3, -0.25) is 4.79 Å². The molecule has 5 heteroatoms. The molecule has 2 aromatic rings. The molecule has 5 nitrogen and oxygen atoms in total. The maximum absolute atomic E-state index is 11.2. The Balaban J connectivity index is 2.15. The molecular weight excluding hydrogens is 218 g/mol. The van der Waals surface area contributed by atoms with E-state index in [2.05, 4.69) is 15.5 Å². The second-order valence-corrected chi connectivity index (χ2v) is 3.63. The van der Waals surface area contributed by atoms with Crippen molar-refractivity contribution in [2.24, 2.45) is 0 Å². The molecule has 0 unspecified atom stereocenters. The van der Waals surface area contributed by atoms with Gasteiger partial charge in [-0.2, -0.15) is 4.98 Å². The number of anilines is 1. The molecule has 0 saturated heterocycles. The molecule has 0 bridgehead atoms. The molecule has 1 heterocycles. The predicted octanol–water partition coefficient (Wildman–Crippen LogP) is 2.39. The first-order valence-corrected chi connectivity index (χ1v) is 5.39. The summed E-state index contributed by atoms with van der Waals surface area (Å²) in [4.78, 5) is 15.3. The summed E-state index contributed by atoms with van der Waals surface area (Å²) < 4.78 is 5.04. The Morgan fingerprint density at radius 3 is 2.59 bits per heavy atom. The van der Waals surface area contributed by atoms with E-state index in [-0.39, 0.29) is 5.91 Å². The predicted molar refractivity (Wildman–Crippen MR) is 63.4 cm³/mol. The van der Waals surface area contributed by atoms with E-state index in [0.717, 1.165) is 11.3 Å². The number of amides is 1. The third-order valence-electron chi connectivity index (χ3n) is 2.26. The van der Waals surface area contributed by atoms with Crippen LogP contribution in [0.3, 0.4) is 0 Å². The monoisotopic (exact) mass is 231 g/mol. The number of aryl methyl sites for hydroxylation is 1. The van der Waals surface area contributed by atoms with E-state index in [1.807, 2.05) is 31.2 Å². The Kier molecular flexibility index (Phi) is 3.18. The number of carbonyl (C=O) groups excluding carboxylic acids is 1. The molecule has 0 saturated carbocycles. The molecule has 1 N–H and O–H groups in total. The summed E-state index contributed by atoms with van der Waals surface area (Å²) in [6.07, 6.45) is 0.463. The minimum absolute atomic E-state index is 0.00798. The van der Waals surface area contributed by atoms with Crippen LogP contribution in [0.15, 0.2) is 28.8 Å². The number of rotatable bonds is 3. The third-order valence-corrected chi connectivity index (χ3v) is 2.26. The zero-order valence-corrected chi connectivity index (χ0v) is 9.73. The van der Waals surface area contributed by atoms with Crippen LogP contribution in [0.1, 0.15) is 19.2 Å². The number of hydrogen-bond donors (Lipinski definition) is 1. The second-order valence-electron chi connectivity index (χ2n) is 3.63. The fourth-order valence-corrected chi connectivity index (χ4v) is 1.36. The molecule has 1 aromatic heterocycles. The Morgan fingerprint density at radius 2 is 2.06 bits per heavy atom. The molecule has 0 fully saturated rings. The van der Waals surface area contributed by atoms with Gasteiger partial charge in [-0.05, 0) is 31.2 Å². The van der Waals surface area contributed by atoms with Crippen LogP contribution in [0.25, 0.3) is 11.5 Å². The van der Waals surface area contributed by atoms with Crippen LogP contribution < -0.4 is 5.32 Å². The highest BCUT2D eigenvalue weighted by Gasteiger charge is 2.06. The fourth-order valence-electron chi connectivity index (χ4n) is 1.36. The summed E-state index contributed by atoms with van der Waals surface area (Å²) in [6, 6.07) is 7.28. The molecule has 0 aliphatic rings. The number of hydrogen-bond acceptors (Lipinski definition) is 4. The minimum Gasteiger partial charge on any atom is -0.334 e. The van der Waals surface area contributed by atoms with E-state index in [0.29, 0.717) is 18.1 Å². The van der Waals surface area contributed by atoms with Gasteiger partial charge in [-0.15, -0.1) is 0 Å². The van der Waals surface area contributed by atoms with Crippen molar-refractivity contribution in [2.75, 3.05) is 5.32 Å². The molecule has 0 radical (unpaired) electrons. The molecule has 0 spiro atoms. The average molecular weight is 231 g/mol. The maximum atomic E-state index is 11.2. The zero-order chi connectivity index (χ0) is 12.3. The zero-order valence-electron chi connectivity index (χ0n) is 9.73. The van der Waals surface area contributed by atoms with Gasteiger partial charge in [0.05, 0.1) is 0 Å². The van der Waals surface area contributed by atoms with E-state index in [4.69, 9.17) is 4.52 Å². The van der Waals surface area contributed by atoms with Gasteiger partial charge in [0.1, 0.15) is 0 Å². The van der Waals surface area contributed by atoms with E-state index in [1.54, 1.807) is 6.92 Å². The first-order valence-electron chi connectivity index (χ1n) is 5.39. The van der Waals surface area contributed by atoms with Gasteiger partial charge in [0.25, 0.3) is 5.89 Å². The summed E-state index contributed by atoms with van der Waals surface area (Å²) in [5, 5.41) is 6.49. The largest absolute Gasteiger partial charge is 0.334 e. The van der Waals surface area contributed by atoms with Crippen LogP contribution in [0, 0.1) is 6.92 Å². The van der Waals surface area contributed by atoms with E-state index < -0.39 is 0 Å². The minimum atomic E-state index is -0.00798. The van der Waals surface area contributed by atoms with Crippen LogP contribution >= 0.6 is 0 Å². The van der Waals surface area contributed by atoms with Crippen LogP contribution in [-0.2, 0) is 4.79 Å². The smallest absolute Gasteiger partial charge is 0.257 e. The normalized spacial score (nSPS) is 10.2. The summed E-state index contributed by atoms with van der Waals surface area (Å²) in [7, 11) is 0. The molecule has 17 heavy (non-hydrogen) atoms. The Hall–Kier alpha value is -2.17. The number of nitrogens with zero attached hydrogens (tertiary/aromatic N) is 2. The van der Waals surface area contributed by atoms with Crippen molar-refractivity contribution in [1.82, 2.24) is 10.1 Å². The summed E-state index contributed by atoms with van der Waals surface area (Å²) in [5.74, 6) is 1.07. The van der Waals surface area contributed by atoms with Gasteiger partial charge in [-0.25, -0.2) is 0 Å². The van der Waals surface area contributed by atoms with Crippen molar-refractivity contribution in [3.05, 3.63) is 30.1 Å². The Labute approximate surface area is 98.8 Å². The Morgan fingerprint density at radius 1 is 1.35 bits per heavy atom. The van der Waals surface area contributed by atoms with Gasteiger partial charge in [-0.1, -0.05) is 12.1 Å². The topological polar surface area (TPSA) is 68.0 Å². The highest BCUT2D eigenvalue weighted by atomic mass is 16.5. The van der Waals surface area contributed by atoms with E-state index >= 15 is 0 Å². The van der Waals surface area contributed by atoms with Crippen molar-refractivity contribution in [3.63, 3.8) is 0 Å². The first kappa shape index (κ1) is 11.3. The third kappa shape index (κ3) is 2.69. The summed E-state index contributed by atoms with van der Waals surface area (Å²) in [6.45, 7) is 3.58. The highest BCUT2D eigenvalue weighted by Crippen LogP contribution is 2.19. The molecule has 0 atom stereocenters. The molecule has 2 rings (SSSR count). The lowest BCUT2D eigenvalue weighted by Crippen LogP contribution is -2.08. The van der Waals surface area contributed by atoms with E-state index in [9.17, 15) is 4.79 Å². The van der Waals surface area contributed by atoms with Crippen LogP contribution in [0.2, 0.25) is 0 Å². The molecule has 1 amide bonds. The molecule has 0 aliphatic heterocycles. The fraction of sp³-hybridized carbons (Fsp3) is 0.250. The SMILES string of the molecule is CCC(=O)Nc1ccc(-c2nc(C)no2)cc1. The van der Waals surface area contributed by atoms with Crippen LogP contribution in [0.5, 0.6) is 0 Å². The van der Waals surface area contributed by atoms with Crippen LogP contribution in [0.4, 0.5) is 5.69 Å². The van der Waals surface area contributed by atoms with Gasteiger partial charge in [0.2, 0.25) is 5.91 Å². The molecule has 0 aliphatic carbocycles. The standard InChI is InChI=1S/C12H13N3O2/c1-3-11(16)14-10-6-4-9(5-7-10)12-13-8(2)15-17-12/h4-7H,3H2,1-2H3,(H,14,16). The van der Waals surface area contributed by atoms with Crippen molar-refractivity contribution in [2.45, 2.75) is 20.3 Å². The molecular formula is C12H13N3O2. The lowest BCUT2D eigenvalue weighted by molar-refractivity contribution is -0.115. The highest BCUT2D eigenvalue weighted by molar-refractivity contribution is 5.90. The molecule has 88 valence electrons. The number of carbonyl (C=O) groups is 1. The molecule has 1 aromatic carbocycles. The van der Waals surface area contributed by atoms with Gasteiger partial charge in [0, 0.05) is 17.7 Å². The number of benzene rings is 1. The quantitative estimate of drug-likeness (QED) is 0.880. The Bertz CT molecular complexity index is 517. The number of nitrogens with one attached hydrogen (secondary N) is 1. The van der Waals surface area contributed by atoms with Crippen molar-refractivity contribution < 1.29 is 9.32 Å². The lowest BCUT2D eigenvalue weighted by atomic mass is 10.2.